The largest absolute Gasteiger partial charge is 0.452 e. The van der Waals surface area contributed by atoms with E-state index >= 15 is 0 Å². The molecule has 1 atom stereocenters. The van der Waals surface area contributed by atoms with Gasteiger partial charge in [0, 0.05) is 12.6 Å². The van der Waals surface area contributed by atoms with Crippen LogP contribution in [0.1, 0.15) is 23.7 Å². The van der Waals surface area contributed by atoms with Gasteiger partial charge in [0.2, 0.25) is 0 Å². The second-order valence-corrected chi connectivity index (χ2v) is 8.60. The van der Waals surface area contributed by atoms with Gasteiger partial charge in [0.15, 0.2) is 16.4 Å². The summed E-state index contributed by atoms with van der Waals surface area (Å²) in [6.45, 7) is 1.77. The quantitative estimate of drug-likeness (QED) is 0.747. The summed E-state index contributed by atoms with van der Waals surface area (Å²) >= 11 is 0. The lowest BCUT2D eigenvalue weighted by Gasteiger charge is -2.26. The van der Waals surface area contributed by atoms with Crippen LogP contribution in [0.4, 0.5) is 0 Å². The second-order valence-electron chi connectivity index (χ2n) is 6.37. The zero-order valence-corrected chi connectivity index (χ0v) is 15.4. The van der Waals surface area contributed by atoms with Gasteiger partial charge in [-0.25, -0.2) is 13.2 Å². The molecule has 1 aliphatic heterocycles. The van der Waals surface area contributed by atoms with Crippen molar-refractivity contribution in [2.24, 2.45) is 0 Å². The van der Waals surface area contributed by atoms with Gasteiger partial charge in [0.25, 0.3) is 5.91 Å². The molecule has 1 heterocycles. The molecule has 1 unspecified atom stereocenters. The van der Waals surface area contributed by atoms with Crippen LogP contribution in [0, 0.1) is 0 Å². The Bertz CT molecular complexity index is 938. The zero-order chi connectivity index (χ0) is 18.7. The van der Waals surface area contributed by atoms with E-state index in [0.29, 0.717) is 18.5 Å². The number of benzene rings is 2. The van der Waals surface area contributed by atoms with Crippen molar-refractivity contribution < 1.29 is 22.7 Å². The molecule has 138 valence electrons. The van der Waals surface area contributed by atoms with Gasteiger partial charge in [-0.05, 0) is 36.2 Å². The summed E-state index contributed by atoms with van der Waals surface area (Å²) in [5, 5.41) is 1.93. The van der Waals surface area contributed by atoms with Crippen LogP contribution in [0.3, 0.4) is 0 Å². The Kier molecular flexibility index (Phi) is 5.27. The molecule has 1 aliphatic rings. The molecule has 0 aromatic heterocycles. The topological polar surface area (TPSA) is 80.8 Å². The monoisotopic (exact) mass is 375 g/mol. The number of hydrogen-bond donors (Lipinski definition) is 0. The number of hydrogen-bond acceptors (Lipinski definition) is 5. The summed E-state index contributed by atoms with van der Waals surface area (Å²) in [6.07, 6.45) is 0.431. The van der Waals surface area contributed by atoms with E-state index in [1.807, 2.05) is 30.3 Å². The predicted molar refractivity (Wildman–Crippen MR) is 98.7 cm³/mol. The third-order valence-electron chi connectivity index (χ3n) is 4.62. The predicted octanol–water partition coefficient (Wildman–Crippen LogP) is 2.03. The summed E-state index contributed by atoms with van der Waals surface area (Å²) in [6, 6.07) is 12.5. The van der Waals surface area contributed by atoms with E-state index in [-0.39, 0.29) is 23.5 Å². The summed E-state index contributed by atoms with van der Waals surface area (Å²) in [5.41, 5.74) is 0.378. The van der Waals surface area contributed by atoms with Gasteiger partial charge in [0.05, 0.1) is 17.1 Å². The van der Waals surface area contributed by atoms with Crippen LogP contribution in [0.2, 0.25) is 0 Å². The van der Waals surface area contributed by atoms with E-state index in [9.17, 15) is 18.0 Å². The molecule has 3 rings (SSSR count). The fourth-order valence-corrected chi connectivity index (χ4v) is 5.00. The normalized spacial score (nSPS) is 18.6. The van der Waals surface area contributed by atoms with Crippen LogP contribution in [-0.4, -0.2) is 55.9 Å². The first-order valence-electron chi connectivity index (χ1n) is 8.55. The van der Waals surface area contributed by atoms with Crippen molar-refractivity contribution in [3.63, 3.8) is 0 Å². The summed E-state index contributed by atoms with van der Waals surface area (Å²) < 4.78 is 28.4. The maximum Gasteiger partial charge on any atom is 0.338 e. The molecule has 2 aromatic carbocycles. The number of likely N-dealkylation sites (N-methyl/N-ethyl adjacent to an activating group) is 1. The minimum absolute atomic E-state index is 0.0226. The smallest absolute Gasteiger partial charge is 0.338 e. The number of rotatable bonds is 5. The number of carbonyl (C=O) groups is 2. The van der Waals surface area contributed by atoms with Crippen LogP contribution in [0.5, 0.6) is 0 Å². The maximum atomic E-state index is 12.4. The molecule has 26 heavy (non-hydrogen) atoms. The minimum atomic E-state index is -3.08. The first kappa shape index (κ1) is 18.4. The van der Waals surface area contributed by atoms with Crippen molar-refractivity contribution >= 4 is 32.5 Å². The van der Waals surface area contributed by atoms with E-state index in [2.05, 4.69) is 0 Å². The molecular formula is C19H21NO5S. The molecule has 0 N–H and O–H groups in total. The van der Waals surface area contributed by atoms with Crippen molar-refractivity contribution in [2.45, 2.75) is 19.4 Å². The Balaban J connectivity index is 1.63. The van der Waals surface area contributed by atoms with Gasteiger partial charge in [-0.3, -0.25) is 4.79 Å². The Hall–Kier alpha value is -2.41. The van der Waals surface area contributed by atoms with Crippen molar-refractivity contribution in [3.8, 4) is 0 Å². The van der Waals surface area contributed by atoms with Gasteiger partial charge in [-0.1, -0.05) is 30.3 Å². The lowest BCUT2D eigenvalue weighted by molar-refractivity contribution is -0.136. The fraction of sp³-hybridized carbons (Fsp3) is 0.368. The lowest BCUT2D eigenvalue weighted by Crippen LogP contribution is -2.43. The Morgan fingerprint density at radius 3 is 2.54 bits per heavy atom. The van der Waals surface area contributed by atoms with E-state index in [0.717, 1.165) is 10.8 Å². The van der Waals surface area contributed by atoms with E-state index in [4.69, 9.17) is 4.74 Å². The van der Waals surface area contributed by atoms with Crippen molar-refractivity contribution in [3.05, 3.63) is 48.0 Å². The van der Waals surface area contributed by atoms with Crippen molar-refractivity contribution in [1.29, 1.82) is 0 Å². The van der Waals surface area contributed by atoms with Crippen molar-refractivity contribution in [1.82, 2.24) is 4.90 Å². The van der Waals surface area contributed by atoms with Crippen LogP contribution in [-0.2, 0) is 19.4 Å². The number of sulfone groups is 1. The molecule has 0 aliphatic carbocycles. The molecule has 0 radical (unpaired) electrons. The number of carbonyl (C=O) groups excluding carboxylic acids is 2. The summed E-state index contributed by atoms with van der Waals surface area (Å²) in [7, 11) is -3.08. The zero-order valence-electron chi connectivity index (χ0n) is 14.6. The number of fused-ring (bicyclic) bond motifs is 1. The highest BCUT2D eigenvalue weighted by Gasteiger charge is 2.34. The van der Waals surface area contributed by atoms with Crippen LogP contribution >= 0.6 is 0 Å². The summed E-state index contributed by atoms with van der Waals surface area (Å²) in [5.74, 6) is -0.869. The molecular weight excluding hydrogens is 354 g/mol. The number of nitrogens with zero attached hydrogens (tertiary/aromatic N) is 1. The highest BCUT2D eigenvalue weighted by molar-refractivity contribution is 7.91. The Morgan fingerprint density at radius 2 is 1.88 bits per heavy atom. The van der Waals surface area contributed by atoms with Gasteiger partial charge >= 0.3 is 5.97 Å². The number of ether oxygens (including phenoxy) is 1. The average Bonchev–Trinajstić information content (AvgIpc) is 2.99. The molecule has 7 heteroatoms. The number of amides is 1. The highest BCUT2D eigenvalue weighted by atomic mass is 32.2. The summed E-state index contributed by atoms with van der Waals surface area (Å²) in [4.78, 5) is 26.1. The molecule has 6 nitrogen and oxygen atoms in total. The van der Waals surface area contributed by atoms with Crippen LogP contribution in [0.25, 0.3) is 10.8 Å². The molecule has 0 saturated carbocycles. The number of esters is 1. The molecule has 1 amide bonds. The molecule has 2 aromatic rings. The highest BCUT2D eigenvalue weighted by Crippen LogP contribution is 2.19. The Labute approximate surface area is 152 Å². The lowest BCUT2D eigenvalue weighted by atomic mass is 10.1. The molecule has 1 fully saturated rings. The average molecular weight is 375 g/mol. The molecule has 1 saturated heterocycles. The van der Waals surface area contributed by atoms with Gasteiger partial charge < -0.3 is 9.64 Å². The fourth-order valence-electron chi connectivity index (χ4n) is 3.27. The van der Waals surface area contributed by atoms with Crippen LogP contribution in [0.15, 0.2) is 42.5 Å². The van der Waals surface area contributed by atoms with E-state index < -0.39 is 22.4 Å². The van der Waals surface area contributed by atoms with Crippen LogP contribution < -0.4 is 0 Å². The second kappa shape index (κ2) is 7.45. The third-order valence-corrected chi connectivity index (χ3v) is 6.37. The Morgan fingerprint density at radius 1 is 1.15 bits per heavy atom. The SMILES string of the molecule is CCN(C(=O)COC(=O)c1ccc2ccccc2c1)C1CCS(=O)(=O)C1. The first-order valence-corrected chi connectivity index (χ1v) is 10.4. The van der Waals surface area contributed by atoms with E-state index in [1.54, 1.807) is 19.1 Å². The third kappa shape index (κ3) is 4.04. The maximum absolute atomic E-state index is 12.4. The van der Waals surface area contributed by atoms with Crippen molar-refractivity contribution in [2.75, 3.05) is 24.7 Å². The molecule has 0 bridgehead atoms. The molecule has 0 spiro atoms. The van der Waals surface area contributed by atoms with Gasteiger partial charge in [-0.2, -0.15) is 0 Å². The standard InChI is InChI=1S/C19H21NO5S/c1-2-20(17-9-10-26(23,24)13-17)18(21)12-25-19(22)16-8-7-14-5-3-4-6-15(14)11-16/h3-8,11,17H,2,9-10,12-13H2,1H3. The van der Waals surface area contributed by atoms with E-state index in [1.165, 1.54) is 4.90 Å². The van der Waals surface area contributed by atoms with Gasteiger partial charge in [0.1, 0.15) is 0 Å². The first-order chi connectivity index (χ1) is 12.4. The minimum Gasteiger partial charge on any atom is -0.452 e. The van der Waals surface area contributed by atoms with Gasteiger partial charge in [-0.15, -0.1) is 0 Å².